The van der Waals surface area contributed by atoms with Gasteiger partial charge in [0, 0.05) is 50.2 Å². The van der Waals surface area contributed by atoms with Crippen LogP contribution in [-0.2, 0) is 11.2 Å². The van der Waals surface area contributed by atoms with Crippen LogP contribution in [0.15, 0.2) is 29.4 Å². The molecule has 0 radical (unpaired) electrons. The van der Waals surface area contributed by atoms with Gasteiger partial charge in [-0.25, -0.2) is 4.99 Å². The summed E-state index contributed by atoms with van der Waals surface area (Å²) in [6, 6.07) is 5.84. The number of aliphatic imine (C=N–C) groups is 1. The first-order valence-corrected chi connectivity index (χ1v) is 10.0. The van der Waals surface area contributed by atoms with Crippen LogP contribution in [0.4, 0.5) is 0 Å². The van der Waals surface area contributed by atoms with E-state index in [0.29, 0.717) is 11.8 Å². The van der Waals surface area contributed by atoms with E-state index in [1.54, 1.807) is 11.1 Å². The first-order valence-electron chi connectivity index (χ1n) is 8.96. The second-order valence-corrected chi connectivity index (χ2v) is 7.51. The Kier molecular flexibility index (Phi) is 8.59. The van der Waals surface area contributed by atoms with Crippen molar-refractivity contribution in [1.29, 1.82) is 0 Å². The van der Waals surface area contributed by atoms with Crippen molar-refractivity contribution in [2.45, 2.75) is 31.4 Å². The van der Waals surface area contributed by atoms with Crippen LogP contribution < -0.4 is 10.6 Å². The van der Waals surface area contributed by atoms with Crippen LogP contribution in [-0.4, -0.2) is 66.0 Å². The van der Waals surface area contributed by atoms with Gasteiger partial charge < -0.3 is 15.5 Å². The smallest absolute Gasteiger partial charge is 0.244 e. The summed E-state index contributed by atoms with van der Waals surface area (Å²) in [5.41, 5.74) is 0.995. The predicted molar refractivity (Wildman–Crippen MR) is 105 cm³/mol. The topological polar surface area (TPSA) is 69.6 Å². The third-order valence-electron chi connectivity index (χ3n) is 4.09. The lowest BCUT2D eigenvalue weighted by atomic mass is 10.2. The molecule has 2 heterocycles. The number of carbonyl (C=O) groups is 1. The lowest BCUT2D eigenvalue weighted by Gasteiger charge is -2.17. The zero-order valence-corrected chi connectivity index (χ0v) is 16.0. The Morgan fingerprint density at radius 1 is 1.44 bits per heavy atom. The lowest BCUT2D eigenvalue weighted by molar-refractivity contribution is -0.128. The highest BCUT2D eigenvalue weighted by molar-refractivity contribution is 8.00. The molecule has 0 aliphatic carbocycles. The summed E-state index contributed by atoms with van der Waals surface area (Å²) in [6.07, 6.45) is 5.08. The van der Waals surface area contributed by atoms with Crippen molar-refractivity contribution in [2.75, 3.05) is 39.0 Å². The quantitative estimate of drug-likeness (QED) is 0.541. The molecular formula is C18H29N5OS. The minimum absolute atomic E-state index is 0.0170. The van der Waals surface area contributed by atoms with Gasteiger partial charge in [0.15, 0.2) is 5.96 Å². The number of nitrogens with one attached hydrogen (secondary N) is 2. The number of guanidine groups is 1. The maximum Gasteiger partial charge on any atom is 0.244 e. The van der Waals surface area contributed by atoms with Gasteiger partial charge in [-0.2, -0.15) is 11.8 Å². The number of nitrogens with zero attached hydrogens (tertiary/aromatic N) is 3. The van der Waals surface area contributed by atoms with E-state index in [9.17, 15) is 4.79 Å². The van der Waals surface area contributed by atoms with E-state index in [4.69, 9.17) is 0 Å². The van der Waals surface area contributed by atoms with Gasteiger partial charge in [-0.3, -0.25) is 9.78 Å². The average Bonchev–Trinajstić information content (AvgIpc) is 3.16. The Bertz CT molecular complexity index is 546. The first-order chi connectivity index (χ1) is 12.2. The molecule has 2 rings (SSSR count). The van der Waals surface area contributed by atoms with E-state index in [1.807, 2.05) is 43.9 Å². The minimum atomic E-state index is 0.0170. The summed E-state index contributed by atoms with van der Waals surface area (Å²) in [5.74, 6) is 1.99. The Labute approximate surface area is 154 Å². The lowest BCUT2D eigenvalue weighted by Crippen LogP contribution is -2.41. The molecule has 2 N–H and O–H groups in total. The number of hydrogen-bond acceptors (Lipinski definition) is 4. The largest absolute Gasteiger partial charge is 0.357 e. The molecule has 1 unspecified atom stereocenters. The van der Waals surface area contributed by atoms with Crippen molar-refractivity contribution in [3.05, 3.63) is 30.1 Å². The molecule has 1 aromatic heterocycles. The Balaban J connectivity index is 1.75. The first kappa shape index (κ1) is 19.6. The second kappa shape index (κ2) is 11.0. The molecule has 0 aromatic carbocycles. The fraction of sp³-hybridized carbons (Fsp3) is 0.611. The highest BCUT2D eigenvalue weighted by Crippen LogP contribution is 2.25. The molecule has 7 heteroatoms. The summed E-state index contributed by atoms with van der Waals surface area (Å²) in [7, 11) is 1.82. The van der Waals surface area contributed by atoms with E-state index < -0.39 is 0 Å². The van der Waals surface area contributed by atoms with Crippen LogP contribution >= 0.6 is 11.8 Å². The van der Waals surface area contributed by atoms with Gasteiger partial charge in [0.05, 0.1) is 0 Å². The van der Waals surface area contributed by atoms with E-state index >= 15 is 0 Å². The minimum Gasteiger partial charge on any atom is -0.357 e. The maximum atomic E-state index is 12.3. The van der Waals surface area contributed by atoms with Crippen molar-refractivity contribution >= 4 is 23.6 Å². The summed E-state index contributed by atoms with van der Waals surface area (Å²) >= 11 is 2.01. The summed E-state index contributed by atoms with van der Waals surface area (Å²) in [5, 5.41) is 7.21. The zero-order valence-electron chi connectivity index (χ0n) is 15.2. The summed E-state index contributed by atoms with van der Waals surface area (Å²) in [4.78, 5) is 22.7. The number of thioether (sulfide) groups is 1. The van der Waals surface area contributed by atoms with Gasteiger partial charge in [0.2, 0.25) is 5.91 Å². The molecule has 138 valence electrons. The molecule has 1 aliphatic rings. The number of hydrogen-bond donors (Lipinski definition) is 2. The van der Waals surface area contributed by atoms with Crippen LogP contribution in [0.2, 0.25) is 0 Å². The molecule has 1 aliphatic heterocycles. The van der Waals surface area contributed by atoms with Crippen molar-refractivity contribution < 1.29 is 4.79 Å². The third-order valence-corrected chi connectivity index (χ3v) is 5.49. The van der Waals surface area contributed by atoms with E-state index in [0.717, 1.165) is 31.2 Å². The fourth-order valence-electron chi connectivity index (χ4n) is 2.58. The molecule has 1 atom stereocenters. The highest BCUT2D eigenvalue weighted by atomic mass is 32.2. The van der Waals surface area contributed by atoms with Gasteiger partial charge >= 0.3 is 0 Å². The maximum absolute atomic E-state index is 12.3. The number of amides is 1. The third kappa shape index (κ3) is 7.34. The molecule has 1 saturated heterocycles. The molecule has 6 nitrogen and oxygen atoms in total. The standard InChI is InChI=1S/C18H29N5OS/c1-3-19-18(21-13-16-8-6-12-25-16)22-14-17(24)23(2)11-9-15-7-4-5-10-20-15/h4-5,7,10,16H,3,6,8-9,11-14H2,1-2H3,(H2,19,21,22). The van der Waals surface area contributed by atoms with Crippen LogP contribution in [0, 0.1) is 0 Å². The number of likely N-dealkylation sites (N-methyl/N-ethyl adjacent to an activating group) is 1. The number of rotatable bonds is 8. The molecule has 0 spiro atoms. The summed E-state index contributed by atoms with van der Waals surface area (Å²) < 4.78 is 0. The van der Waals surface area contributed by atoms with Gasteiger partial charge in [-0.15, -0.1) is 0 Å². The molecule has 1 amide bonds. The fourth-order valence-corrected chi connectivity index (χ4v) is 3.78. The molecule has 25 heavy (non-hydrogen) atoms. The van der Waals surface area contributed by atoms with Crippen molar-refractivity contribution in [2.24, 2.45) is 4.99 Å². The van der Waals surface area contributed by atoms with E-state index in [-0.39, 0.29) is 12.5 Å². The predicted octanol–water partition coefficient (Wildman–Crippen LogP) is 1.53. The van der Waals surface area contributed by atoms with Crippen LogP contribution in [0.1, 0.15) is 25.5 Å². The Morgan fingerprint density at radius 3 is 3.00 bits per heavy atom. The van der Waals surface area contributed by atoms with Crippen molar-refractivity contribution in [3.8, 4) is 0 Å². The van der Waals surface area contributed by atoms with Gasteiger partial charge in [0.25, 0.3) is 0 Å². The average molecular weight is 364 g/mol. The second-order valence-electron chi connectivity index (χ2n) is 6.10. The molecule has 0 bridgehead atoms. The number of pyridine rings is 1. The molecular weight excluding hydrogens is 334 g/mol. The Morgan fingerprint density at radius 2 is 2.32 bits per heavy atom. The molecule has 1 fully saturated rings. The van der Waals surface area contributed by atoms with Crippen molar-refractivity contribution in [1.82, 2.24) is 20.5 Å². The van der Waals surface area contributed by atoms with E-state index in [2.05, 4.69) is 20.6 Å². The number of carbonyl (C=O) groups excluding carboxylic acids is 1. The highest BCUT2D eigenvalue weighted by Gasteiger charge is 2.16. The SMILES string of the molecule is CCNC(=NCC(=O)N(C)CCc1ccccn1)NCC1CCCS1. The monoisotopic (exact) mass is 363 g/mol. The summed E-state index contributed by atoms with van der Waals surface area (Å²) in [6.45, 7) is 4.52. The van der Waals surface area contributed by atoms with Crippen LogP contribution in [0.25, 0.3) is 0 Å². The Hall–Kier alpha value is -1.76. The molecule has 0 saturated carbocycles. The van der Waals surface area contributed by atoms with Crippen LogP contribution in [0.5, 0.6) is 0 Å². The van der Waals surface area contributed by atoms with Crippen molar-refractivity contribution in [3.63, 3.8) is 0 Å². The number of aromatic nitrogens is 1. The van der Waals surface area contributed by atoms with Gasteiger partial charge in [-0.05, 0) is 37.7 Å². The van der Waals surface area contributed by atoms with E-state index in [1.165, 1.54) is 18.6 Å². The normalized spacial score (nSPS) is 17.4. The zero-order chi connectivity index (χ0) is 17.9. The van der Waals surface area contributed by atoms with Crippen LogP contribution in [0.3, 0.4) is 0 Å². The van der Waals surface area contributed by atoms with Gasteiger partial charge in [0.1, 0.15) is 6.54 Å². The van der Waals surface area contributed by atoms with Gasteiger partial charge in [-0.1, -0.05) is 6.07 Å². The molecule has 1 aromatic rings.